The van der Waals surface area contributed by atoms with Crippen LogP contribution in [0.1, 0.15) is 59.7 Å². The van der Waals surface area contributed by atoms with Crippen LogP contribution in [0.3, 0.4) is 0 Å². The van der Waals surface area contributed by atoms with Crippen molar-refractivity contribution >= 4 is 59.9 Å². The number of methoxy groups -OCH3 is 1. The Balaban J connectivity index is 1.85. The molecule has 1 aromatic heterocycles. The monoisotopic (exact) mass is 868 g/mol. The Labute approximate surface area is 339 Å². The predicted octanol–water partition coefficient (Wildman–Crippen LogP) is 4.41. The molecule has 2 aromatic rings. The summed E-state index contributed by atoms with van der Waals surface area (Å²) >= 11 is 0.688. The van der Waals surface area contributed by atoms with Gasteiger partial charge in [0.25, 0.3) is 20.2 Å². The zero-order chi connectivity index (χ0) is 42.3. The smallest absolute Gasteiger partial charge is 0.348 e. The number of thiophene rings is 1. The zero-order valence-electron chi connectivity index (χ0n) is 33.2. The van der Waals surface area contributed by atoms with Gasteiger partial charge < -0.3 is 43.0 Å². The van der Waals surface area contributed by atoms with Crippen molar-refractivity contribution in [2.24, 2.45) is 10.2 Å². The summed E-state index contributed by atoms with van der Waals surface area (Å²) in [5, 5.41) is 8.30. The third-order valence-electron chi connectivity index (χ3n) is 7.91. The number of anilines is 1. The molecule has 0 atom stereocenters. The van der Waals surface area contributed by atoms with Crippen molar-refractivity contribution < 1.29 is 68.7 Å². The minimum atomic E-state index is -4.67. The molecule has 57 heavy (non-hydrogen) atoms. The Morgan fingerprint density at radius 3 is 1.84 bits per heavy atom. The molecule has 324 valence electrons. The quantitative estimate of drug-likeness (QED) is 0.0462. The number of esters is 2. The summed E-state index contributed by atoms with van der Waals surface area (Å²) < 4.78 is 102. The van der Waals surface area contributed by atoms with Crippen molar-refractivity contribution in [3.63, 3.8) is 0 Å². The molecule has 0 amide bonds. The molecule has 0 fully saturated rings. The van der Waals surface area contributed by atoms with Gasteiger partial charge in [0, 0.05) is 37.0 Å². The summed E-state index contributed by atoms with van der Waals surface area (Å²) in [7, 11) is -7.15. The van der Waals surface area contributed by atoms with E-state index in [1.807, 2.05) is 13.8 Å². The van der Waals surface area contributed by atoms with E-state index in [1.54, 1.807) is 32.0 Å². The standard InChI is InChI=1S/C35H56N4O15S3/c1-6-38(13-10-24-56(42,43)44)14-16-49-18-20-51-22-23-52-21-19-50-17-15-39(7-2)27-11-12-29(30(25-27)48-5)36-37-33-31(34(40)53-8-3)28(26-57(45,46)47)32(55-33)35(41)54-9-4/h11-12,25H,6-10,13-24,26H2,1-5H3,(H,42,43,44)(H,45,46,47)/b37-36+. The molecule has 0 spiro atoms. The van der Waals surface area contributed by atoms with Crippen molar-refractivity contribution in [1.82, 2.24) is 4.90 Å². The highest BCUT2D eigenvalue weighted by atomic mass is 32.2. The summed E-state index contributed by atoms with van der Waals surface area (Å²) in [6.07, 6.45) is 0.361. The summed E-state index contributed by atoms with van der Waals surface area (Å²) in [5.41, 5.74) is 0.491. The number of rotatable bonds is 31. The SMILES string of the molecule is CCOC(=O)c1sc(/N=N/c2ccc(N(CC)CCOCCOCCOCCOCCN(CC)CCCS(=O)(=O)O)cc2OC)c(C(=O)OCC)c1CS(=O)(=O)O. The summed E-state index contributed by atoms with van der Waals surface area (Å²) in [6.45, 7) is 13.6. The Bertz CT molecular complexity index is 1770. The van der Waals surface area contributed by atoms with E-state index in [1.165, 1.54) is 7.11 Å². The van der Waals surface area contributed by atoms with Gasteiger partial charge in [-0.05, 0) is 52.4 Å². The van der Waals surface area contributed by atoms with E-state index < -0.39 is 37.9 Å². The van der Waals surface area contributed by atoms with Crippen molar-refractivity contribution in [2.45, 2.75) is 39.9 Å². The number of ether oxygens (including phenoxy) is 7. The normalized spacial score (nSPS) is 12.1. The van der Waals surface area contributed by atoms with Gasteiger partial charge in [0.05, 0.1) is 78.9 Å². The van der Waals surface area contributed by atoms with E-state index in [-0.39, 0.29) is 45.7 Å². The summed E-state index contributed by atoms with van der Waals surface area (Å²) in [5.74, 6) is -2.77. The average Bonchev–Trinajstić information content (AvgIpc) is 3.51. The zero-order valence-corrected chi connectivity index (χ0v) is 35.6. The van der Waals surface area contributed by atoms with Gasteiger partial charge >= 0.3 is 11.9 Å². The molecule has 22 heteroatoms. The highest BCUT2D eigenvalue weighted by Crippen LogP contribution is 2.40. The van der Waals surface area contributed by atoms with Gasteiger partial charge in [-0.2, -0.15) is 16.8 Å². The fourth-order valence-electron chi connectivity index (χ4n) is 5.16. The van der Waals surface area contributed by atoms with Crippen molar-refractivity contribution in [1.29, 1.82) is 0 Å². The van der Waals surface area contributed by atoms with Crippen LogP contribution in [0.15, 0.2) is 28.4 Å². The number of azo groups is 1. The number of carbonyl (C=O) groups is 2. The van der Waals surface area contributed by atoms with E-state index >= 15 is 0 Å². The summed E-state index contributed by atoms with van der Waals surface area (Å²) in [4.78, 5) is 29.5. The van der Waals surface area contributed by atoms with E-state index in [4.69, 9.17) is 37.7 Å². The van der Waals surface area contributed by atoms with E-state index in [9.17, 15) is 31.0 Å². The molecule has 0 saturated heterocycles. The number of carbonyl (C=O) groups excluding carboxylic acids is 2. The van der Waals surface area contributed by atoms with Gasteiger partial charge in [-0.25, -0.2) is 9.59 Å². The Morgan fingerprint density at radius 2 is 1.32 bits per heavy atom. The molecule has 1 aromatic carbocycles. The molecule has 0 bridgehead atoms. The lowest BCUT2D eigenvalue weighted by molar-refractivity contribution is -0.00310. The fourth-order valence-corrected chi connectivity index (χ4v) is 7.42. The van der Waals surface area contributed by atoms with Crippen LogP contribution in [-0.4, -0.2) is 154 Å². The lowest BCUT2D eigenvalue weighted by Crippen LogP contribution is -2.30. The van der Waals surface area contributed by atoms with Crippen molar-refractivity contribution in [2.75, 3.05) is 117 Å². The molecule has 0 unspecified atom stereocenters. The van der Waals surface area contributed by atoms with Crippen LogP contribution in [0, 0.1) is 0 Å². The fraction of sp³-hybridized carbons (Fsp3) is 0.657. The Morgan fingerprint density at radius 1 is 0.737 bits per heavy atom. The Kier molecular flexibility index (Phi) is 23.3. The van der Waals surface area contributed by atoms with Gasteiger partial charge in [0.15, 0.2) is 5.00 Å². The maximum Gasteiger partial charge on any atom is 0.348 e. The largest absolute Gasteiger partial charge is 0.494 e. The van der Waals surface area contributed by atoms with E-state index in [2.05, 4.69) is 20.0 Å². The molecule has 0 saturated carbocycles. The lowest BCUT2D eigenvalue weighted by Gasteiger charge is -2.23. The number of likely N-dealkylation sites (N-methyl/N-ethyl adjacent to an activating group) is 2. The molecule has 0 aliphatic carbocycles. The molecule has 0 radical (unpaired) electrons. The minimum absolute atomic E-state index is 0.0157. The van der Waals surface area contributed by atoms with Crippen molar-refractivity contribution in [3.05, 3.63) is 34.2 Å². The average molecular weight is 869 g/mol. The van der Waals surface area contributed by atoms with Crippen LogP contribution in [0.5, 0.6) is 5.75 Å². The molecule has 2 rings (SSSR count). The predicted molar refractivity (Wildman–Crippen MR) is 213 cm³/mol. The van der Waals surface area contributed by atoms with Gasteiger partial charge in [0.2, 0.25) is 0 Å². The first-order valence-electron chi connectivity index (χ1n) is 18.5. The van der Waals surface area contributed by atoms with E-state index in [0.29, 0.717) is 103 Å². The van der Waals surface area contributed by atoms with Crippen LogP contribution in [0.4, 0.5) is 16.4 Å². The van der Waals surface area contributed by atoms with Crippen LogP contribution in [0.25, 0.3) is 0 Å². The highest BCUT2D eigenvalue weighted by molar-refractivity contribution is 7.85. The van der Waals surface area contributed by atoms with Gasteiger partial charge in [-0.1, -0.05) is 6.92 Å². The van der Waals surface area contributed by atoms with E-state index in [0.717, 1.165) is 12.2 Å². The number of hydrogen-bond donors (Lipinski definition) is 2. The lowest BCUT2D eigenvalue weighted by atomic mass is 10.1. The number of benzene rings is 1. The molecular weight excluding hydrogens is 813 g/mol. The second kappa shape index (κ2) is 26.6. The molecule has 19 nitrogen and oxygen atoms in total. The number of nitrogens with zero attached hydrogens (tertiary/aromatic N) is 4. The highest BCUT2D eigenvalue weighted by Gasteiger charge is 2.31. The van der Waals surface area contributed by atoms with Crippen LogP contribution in [0.2, 0.25) is 0 Å². The molecule has 0 aliphatic heterocycles. The van der Waals surface area contributed by atoms with Gasteiger partial charge in [-0.3, -0.25) is 9.11 Å². The molecule has 1 heterocycles. The topological polar surface area (TPSA) is 239 Å². The van der Waals surface area contributed by atoms with Gasteiger partial charge in [0.1, 0.15) is 27.6 Å². The second-order valence-corrected chi connectivity index (χ2v) is 15.9. The minimum Gasteiger partial charge on any atom is -0.494 e. The van der Waals surface area contributed by atoms with Crippen molar-refractivity contribution in [3.8, 4) is 5.75 Å². The molecule has 0 aliphatic rings. The summed E-state index contributed by atoms with van der Waals surface area (Å²) in [6, 6.07) is 5.23. The molecular formula is C35H56N4O15S3. The second-order valence-electron chi connectivity index (χ2n) is 11.9. The first kappa shape index (κ1) is 49.8. The first-order chi connectivity index (χ1) is 27.2. The molecule has 2 N–H and O–H groups in total. The van der Waals surface area contributed by atoms with Crippen LogP contribution in [-0.2, 0) is 54.4 Å². The Hall–Kier alpha value is -3.32. The maximum absolute atomic E-state index is 12.9. The van der Waals surface area contributed by atoms with Gasteiger partial charge in [-0.15, -0.1) is 21.6 Å². The third-order valence-corrected chi connectivity index (χ3v) is 10.5. The van der Waals surface area contributed by atoms with Crippen LogP contribution >= 0.6 is 11.3 Å². The van der Waals surface area contributed by atoms with Crippen LogP contribution < -0.4 is 9.64 Å². The third kappa shape index (κ3) is 19.3. The maximum atomic E-state index is 12.9. The number of hydrogen-bond acceptors (Lipinski definition) is 18. The first-order valence-corrected chi connectivity index (χ1v) is 22.5.